The largest absolute Gasteiger partial charge is 0.469 e. The minimum atomic E-state index is -4.82. The minimum absolute atomic E-state index is 0.0282. The summed E-state index contributed by atoms with van der Waals surface area (Å²) in [4.78, 5) is 42.8. The van der Waals surface area contributed by atoms with Crippen molar-refractivity contribution < 1.29 is 43.0 Å². The molecule has 0 aromatic heterocycles. The molecule has 0 saturated carbocycles. The maximum absolute atomic E-state index is 12.4. The third-order valence-electron chi connectivity index (χ3n) is 7.99. The normalized spacial score (nSPS) is 14.0. The highest BCUT2D eigenvalue weighted by Gasteiger charge is 2.23. The van der Waals surface area contributed by atoms with Crippen LogP contribution in [0.2, 0.25) is 0 Å². The Labute approximate surface area is 321 Å². The number of hydrogen-bond acceptors (Lipinski definition) is 7. The first kappa shape index (κ1) is 50.2. The number of rotatable bonds is 35. The van der Waals surface area contributed by atoms with E-state index in [0.29, 0.717) is 25.7 Å². The molecule has 0 saturated heterocycles. The third-order valence-corrected chi connectivity index (χ3v) is 8.48. The molecule has 0 fully saturated rings. The van der Waals surface area contributed by atoms with Gasteiger partial charge in [0.1, 0.15) is 6.61 Å². The van der Waals surface area contributed by atoms with Crippen LogP contribution >= 0.6 is 7.82 Å². The Balaban J connectivity index is 4.25. The van der Waals surface area contributed by atoms with E-state index in [2.05, 4.69) is 67.0 Å². The van der Waals surface area contributed by atoms with Crippen molar-refractivity contribution in [1.82, 2.24) is 0 Å². The summed E-state index contributed by atoms with van der Waals surface area (Å²) < 4.78 is 26.2. The van der Waals surface area contributed by atoms with Gasteiger partial charge in [0.25, 0.3) is 0 Å². The number of allylic oxidation sites excluding steroid dienone is 13. The van der Waals surface area contributed by atoms with Crippen molar-refractivity contribution in [3.05, 3.63) is 85.1 Å². The smallest absolute Gasteiger partial charge is 0.462 e. The number of carbonyl (C=O) groups is 2. The van der Waals surface area contributed by atoms with Gasteiger partial charge in [0, 0.05) is 12.8 Å². The van der Waals surface area contributed by atoms with Crippen molar-refractivity contribution in [2.24, 2.45) is 0 Å². The number of phosphoric ester groups is 1. The van der Waals surface area contributed by atoms with Crippen LogP contribution in [-0.2, 0) is 28.2 Å². The van der Waals surface area contributed by atoms with E-state index in [0.717, 1.165) is 38.5 Å². The van der Waals surface area contributed by atoms with E-state index in [-0.39, 0.29) is 19.4 Å². The molecule has 1 unspecified atom stereocenters. The van der Waals surface area contributed by atoms with Crippen LogP contribution in [0.1, 0.15) is 149 Å². The molecule has 9 nitrogen and oxygen atoms in total. The lowest BCUT2D eigenvalue weighted by molar-refractivity contribution is -0.161. The van der Waals surface area contributed by atoms with Gasteiger partial charge < -0.3 is 24.4 Å². The van der Waals surface area contributed by atoms with Crippen molar-refractivity contribution in [3.8, 4) is 0 Å². The van der Waals surface area contributed by atoms with Crippen molar-refractivity contribution >= 4 is 19.8 Å². The number of aliphatic hydroxyl groups excluding tert-OH is 1. The van der Waals surface area contributed by atoms with Crippen molar-refractivity contribution in [3.63, 3.8) is 0 Å². The fraction of sp³-hybridized carbons (Fsp3) is 0.628. The molecule has 0 aromatic rings. The zero-order valence-electron chi connectivity index (χ0n) is 32.7. The summed E-state index contributed by atoms with van der Waals surface area (Å²) in [6.07, 6.45) is 46.2. The van der Waals surface area contributed by atoms with Gasteiger partial charge in [0.2, 0.25) is 0 Å². The van der Waals surface area contributed by atoms with Gasteiger partial charge in [-0.05, 0) is 77.0 Å². The van der Waals surface area contributed by atoms with Crippen LogP contribution in [0.3, 0.4) is 0 Å². The molecule has 302 valence electrons. The number of hydrogen-bond donors (Lipinski definition) is 3. The first-order chi connectivity index (χ1) is 25.7. The molecule has 0 bridgehead atoms. The second-order valence-electron chi connectivity index (χ2n) is 13.1. The zero-order valence-corrected chi connectivity index (χ0v) is 33.6. The molecule has 0 heterocycles. The van der Waals surface area contributed by atoms with Crippen molar-refractivity contribution in [2.75, 3.05) is 13.2 Å². The number of unbranched alkanes of at least 4 members (excludes halogenated alkanes) is 10. The molecule has 0 aliphatic rings. The van der Waals surface area contributed by atoms with Crippen LogP contribution in [0.4, 0.5) is 0 Å². The Bertz CT molecular complexity index is 1150. The fourth-order valence-electron chi connectivity index (χ4n) is 4.96. The number of aliphatic hydroxyl groups is 1. The molecule has 0 rings (SSSR count). The lowest BCUT2D eigenvalue weighted by atomic mass is 10.1. The summed E-state index contributed by atoms with van der Waals surface area (Å²) in [7, 11) is -4.82. The van der Waals surface area contributed by atoms with E-state index in [1.165, 1.54) is 57.8 Å². The number of phosphoric acid groups is 1. The highest BCUT2D eigenvalue weighted by molar-refractivity contribution is 7.46. The average Bonchev–Trinajstić information content (AvgIpc) is 3.12. The first-order valence-corrected chi connectivity index (χ1v) is 21.5. The predicted octanol–water partition coefficient (Wildman–Crippen LogP) is 11.0. The van der Waals surface area contributed by atoms with Gasteiger partial charge in [0.15, 0.2) is 6.10 Å². The highest BCUT2D eigenvalue weighted by atomic mass is 31.2. The van der Waals surface area contributed by atoms with E-state index in [1.807, 2.05) is 24.3 Å². The zero-order chi connectivity index (χ0) is 39.1. The van der Waals surface area contributed by atoms with E-state index in [1.54, 1.807) is 12.2 Å². The van der Waals surface area contributed by atoms with Crippen molar-refractivity contribution in [1.29, 1.82) is 0 Å². The number of ether oxygens (including phenoxy) is 2. The Morgan fingerprint density at radius 2 is 1.08 bits per heavy atom. The Kier molecular flexibility index (Phi) is 35.5. The van der Waals surface area contributed by atoms with Crippen LogP contribution < -0.4 is 0 Å². The van der Waals surface area contributed by atoms with Gasteiger partial charge in [-0.3, -0.25) is 14.1 Å². The third kappa shape index (κ3) is 40.2. The van der Waals surface area contributed by atoms with Gasteiger partial charge in [0.05, 0.1) is 12.7 Å². The fourth-order valence-corrected chi connectivity index (χ4v) is 5.32. The summed E-state index contributed by atoms with van der Waals surface area (Å²) in [6, 6.07) is 0. The van der Waals surface area contributed by atoms with Crippen LogP contribution in [-0.4, -0.2) is 52.3 Å². The Hall–Kier alpha value is -2.81. The Morgan fingerprint density at radius 3 is 1.68 bits per heavy atom. The molecule has 0 aliphatic carbocycles. The quantitative estimate of drug-likeness (QED) is 0.0189. The van der Waals surface area contributed by atoms with E-state index >= 15 is 0 Å². The number of esters is 2. The molecule has 3 N–H and O–H groups in total. The van der Waals surface area contributed by atoms with Gasteiger partial charge in [-0.1, -0.05) is 144 Å². The first-order valence-electron chi connectivity index (χ1n) is 20.0. The van der Waals surface area contributed by atoms with Gasteiger partial charge >= 0.3 is 19.8 Å². The summed E-state index contributed by atoms with van der Waals surface area (Å²) in [5, 5.41) is 10.2. The monoisotopic (exact) mass is 762 g/mol. The Morgan fingerprint density at radius 1 is 0.585 bits per heavy atom. The summed E-state index contributed by atoms with van der Waals surface area (Å²) >= 11 is 0. The highest BCUT2D eigenvalue weighted by Crippen LogP contribution is 2.36. The lowest BCUT2D eigenvalue weighted by Gasteiger charge is -2.18. The van der Waals surface area contributed by atoms with Crippen molar-refractivity contribution in [2.45, 2.75) is 161 Å². The second kappa shape index (κ2) is 37.5. The van der Waals surface area contributed by atoms with Gasteiger partial charge in [-0.2, -0.15) is 0 Å². The van der Waals surface area contributed by atoms with Crippen LogP contribution in [0.15, 0.2) is 85.1 Å². The SMILES string of the molecule is CCCCC/C=C\C/C=C\C/C=C\C/C=C\CCCC(=O)OC[C@H](COP(=O)(O)O)OC(=O)CCCC(O)/C=C/C=C/C/C=C/CCCCCCCC. The summed E-state index contributed by atoms with van der Waals surface area (Å²) in [6.45, 7) is 3.42. The number of carbonyl (C=O) groups excluding carboxylic acids is 2. The topological polar surface area (TPSA) is 140 Å². The van der Waals surface area contributed by atoms with Crippen LogP contribution in [0.25, 0.3) is 0 Å². The van der Waals surface area contributed by atoms with Crippen LogP contribution in [0, 0.1) is 0 Å². The van der Waals surface area contributed by atoms with E-state index in [4.69, 9.17) is 19.3 Å². The predicted molar refractivity (Wildman–Crippen MR) is 217 cm³/mol. The maximum atomic E-state index is 12.4. The maximum Gasteiger partial charge on any atom is 0.469 e. The summed E-state index contributed by atoms with van der Waals surface area (Å²) in [5.74, 6) is -1.16. The second-order valence-corrected chi connectivity index (χ2v) is 14.3. The standard InChI is InChI=1S/C43H71O9P/c1-3-5-7-9-11-13-15-17-18-19-20-22-24-26-28-30-32-36-42(45)50-38-41(39-51-53(47,48)49)52-43(46)37-33-35-40(44)34-31-29-27-25-23-21-16-14-12-10-8-6-4-2/h11,13,17-18,20-23,26-29,31,34,40-41,44H,3-10,12,14-16,19,24-25,30,32-33,35-39H2,1-2H3,(H2,47,48,49)/b13-11-,18-17-,22-20-,23-21+,28-26-,29-27+,34-31+/t40?,41-/m1/s1. The lowest BCUT2D eigenvalue weighted by Crippen LogP contribution is -2.29. The average molecular weight is 763 g/mol. The molecule has 0 amide bonds. The molecular weight excluding hydrogens is 691 g/mol. The minimum Gasteiger partial charge on any atom is -0.462 e. The van der Waals surface area contributed by atoms with E-state index in [9.17, 15) is 19.3 Å². The molecule has 0 aliphatic heterocycles. The van der Waals surface area contributed by atoms with Gasteiger partial charge in [-0.15, -0.1) is 0 Å². The van der Waals surface area contributed by atoms with Gasteiger partial charge in [-0.25, -0.2) is 4.57 Å². The molecule has 0 radical (unpaired) electrons. The molecule has 0 aromatic carbocycles. The molecule has 2 atom stereocenters. The molecule has 10 heteroatoms. The van der Waals surface area contributed by atoms with E-state index < -0.39 is 38.6 Å². The van der Waals surface area contributed by atoms with Crippen LogP contribution in [0.5, 0.6) is 0 Å². The molecule has 0 spiro atoms. The molecule has 53 heavy (non-hydrogen) atoms. The summed E-state index contributed by atoms with van der Waals surface area (Å²) in [5.41, 5.74) is 0. The molecular formula is C43H71O9P.